The third kappa shape index (κ3) is 6.51. The Balaban J connectivity index is 1.64. The molecule has 0 aliphatic heterocycles. The molecule has 1 aromatic heterocycles. The van der Waals surface area contributed by atoms with Crippen LogP contribution in [0.5, 0.6) is 5.75 Å². The number of nitrogens with zero attached hydrogens (tertiary/aromatic N) is 4. The number of benzene rings is 2. The summed E-state index contributed by atoms with van der Waals surface area (Å²) < 4.78 is 7.33. The number of nitrogens with one attached hydrogen (secondary N) is 2. The Labute approximate surface area is 200 Å². The molecule has 0 saturated carbocycles. The van der Waals surface area contributed by atoms with Crippen LogP contribution in [0.3, 0.4) is 0 Å². The van der Waals surface area contributed by atoms with Gasteiger partial charge in [0, 0.05) is 23.4 Å². The Bertz CT molecular complexity index is 1170. The van der Waals surface area contributed by atoms with Crippen LogP contribution in [0.2, 0.25) is 5.02 Å². The lowest BCUT2D eigenvalue weighted by Crippen LogP contribution is -2.47. The molecule has 3 rings (SSSR count). The van der Waals surface area contributed by atoms with Gasteiger partial charge in [-0.3, -0.25) is 19.7 Å². The van der Waals surface area contributed by atoms with Crippen molar-refractivity contribution in [1.29, 1.82) is 0 Å². The standard InChI is InChI=1S/C22H23ClN6O5/c1-14(2)20(27-21(30)15-6-7-18(23)19(10-15)29(32)33)22(31)26-16-4-3-5-17(11-16)34-9-8-28-13-24-12-25-28/h3-7,10-14,20H,8-9H2,1-2H3,(H,26,31)(H,27,30). The number of hydrogen-bond donors (Lipinski definition) is 2. The highest BCUT2D eigenvalue weighted by molar-refractivity contribution is 6.32. The number of carbonyl (C=O) groups excluding carboxylic acids is 2. The van der Waals surface area contributed by atoms with Crippen molar-refractivity contribution in [2.45, 2.75) is 26.4 Å². The number of halogens is 1. The van der Waals surface area contributed by atoms with Gasteiger partial charge in [0.15, 0.2) is 0 Å². The average Bonchev–Trinajstić information content (AvgIpc) is 3.31. The first-order chi connectivity index (χ1) is 16.2. The van der Waals surface area contributed by atoms with Crippen molar-refractivity contribution in [3.05, 3.63) is 75.8 Å². The van der Waals surface area contributed by atoms with Gasteiger partial charge < -0.3 is 15.4 Å². The van der Waals surface area contributed by atoms with E-state index in [0.29, 0.717) is 24.6 Å². The zero-order valence-electron chi connectivity index (χ0n) is 18.5. The Kier molecular flexibility index (Phi) is 8.14. The van der Waals surface area contributed by atoms with Crippen molar-refractivity contribution < 1.29 is 19.2 Å². The van der Waals surface area contributed by atoms with Gasteiger partial charge in [-0.15, -0.1) is 0 Å². The van der Waals surface area contributed by atoms with Crippen LogP contribution >= 0.6 is 11.6 Å². The van der Waals surface area contributed by atoms with Gasteiger partial charge in [0.25, 0.3) is 11.6 Å². The highest BCUT2D eigenvalue weighted by Gasteiger charge is 2.26. The Hall–Kier alpha value is -3.99. The van der Waals surface area contributed by atoms with Crippen LogP contribution < -0.4 is 15.4 Å². The third-order valence-corrected chi connectivity index (χ3v) is 5.12. The van der Waals surface area contributed by atoms with E-state index in [0.717, 1.165) is 6.07 Å². The number of anilines is 1. The van der Waals surface area contributed by atoms with Crippen molar-refractivity contribution in [2.24, 2.45) is 5.92 Å². The van der Waals surface area contributed by atoms with Gasteiger partial charge in [-0.1, -0.05) is 31.5 Å². The van der Waals surface area contributed by atoms with Crippen LogP contribution in [0.1, 0.15) is 24.2 Å². The van der Waals surface area contributed by atoms with Crippen molar-refractivity contribution in [3.63, 3.8) is 0 Å². The molecule has 3 aromatic rings. The second-order valence-electron chi connectivity index (χ2n) is 7.64. The molecule has 1 heterocycles. The van der Waals surface area contributed by atoms with E-state index in [2.05, 4.69) is 20.7 Å². The average molecular weight is 487 g/mol. The number of aromatic nitrogens is 3. The second kappa shape index (κ2) is 11.2. The molecule has 2 amide bonds. The van der Waals surface area contributed by atoms with Gasteiger partial charge in [0.05, 0.1) is 11.5 Å². The van der Waals surface area contributed by atoms with Gasteiger partial charge in [0.1, 0.15) is 36.1 Å². The minimum atomic E-state index is -0.890. The summed E-state index contributed by atoms with van der Waals surface area (Å²) in [6.45, 7) is 4.43. The van der Waals surface area contributed by atoms with Crippen molar-refractivity contribution in [2.75, 3.05) is 11.9 Å². The summed E-state index contributed by atoms with van der Waals surface area (Å²) in [6.07, 6.45) is 3.02. The highest BCUT2D eigenvalue weighted by atomic mass is 35.5. The summed E-state index contributed by atoms with van der Waals surface area (Å²) in [6, 6.07) is 9.67. The number of amides is 2. The van der Waals surface area contributed by atoms with Gasteiger partial charge >= 0.3 is 0 Å². The molecule has 1 unspecified atom stereocenters. The lowest BCUT2D eigenvalue weighted by atomic mass is 10.0. The summed E-state index contributed by atoms with van der Waals surface area (Å²) in [7, 11) is 0. The summed E-state index contributed by atoms with van der Waals surface area (Å²) >= 11 is 5.81. The molecule has 2 aromatic carbocycles. The van der Waals surface area contributed by atoms with Gasteiger partial charge in [0.2, 0.25) is 5.91 Å². The number of rotatable bonds is 10. The molecule has 0 saturated heterocycles. The largest absolute Gasteiger partial charge is 0.492 e. The first-order valence-electron chi connectivity index (χ1n) is 10.4. The molecule has 11 nitrogen and oxygen atoms in total. The Morgan fingerprint density at radius 3 is 2.71 bits per heavy atom. The Morgan fingerprint density at radius 2 is 2.03 bits per heavy atom. The number of ether oxygens (including phenoxy) is 1. The topological polar surface area (TPSA) is 141 Å². The molecule has 12 heteroatoms. The SMILES string of the molecule is CC(C)C(NC(=O)c1ccc(Cl)c([N+](=O)[O-])c1)C(=O)Nc1cccc(OCCn2cncn2)c1. The van der Waals surface area contributed by atoms with Crippen LogP contribution in [-0.4, -0.2) is 44.2 Å². The minimum Gasteiger partial charge on any atom is -0.492 e. The highest BCUT2D eigenvalue weighted by Crippen LogP contribution is 2.25. The first-order valence-corrected chi connectivity index (χ1v) is 10.7. The lowest BCUT2D eigenvalue weighted by Gasteiger charge is -2.22. The molecule has 0 aliphatic carbocycles. The lowest BCUT2D eigenvalue weighted by molar-refractivity contribution is -0.384. The number of nitro groups is 1. The summed E-state index contributed by atoms with van der Waals surface area (Å²) in [4.78, 5) is 39.9. The first kappa shape index (κ1) is 24.6. The maximum absolute atomic E-state index is 12.9. The molecular formula is C22H23ClN6O5. The van der Waals surface area contributed by atoms with Gasteiger partial charge in [-0.2, -0.15) is 5.10 Å². The van der Waals surface area contributed by atoms with E-state index in [-0.39, 0.29) is 22.2 Å². The molecular weight excluding hydrogens is 464 g/mol. The van der Waals surface area contributed by atoms with Gasteiger partial charge in [-0.25, -0.2) is 9.67 Å². The smallest absolute Gasteiger partial charge is 0.288 e. The monoisotopic (exact) mass is 486 g/mol. The molecule has 1 atom stereocenters. The molecule has 0 spiro atoms. The molecule has 0 aliphatic rings. The maximum Gasteiger partial charge on any atom is 0.288 e. The van der Waals surface area contributed by atoms with Crippen LogP contribution in [0.25, 0.3) is 0 Å². The second-order valence-corrected chi connectivity index (χ2v) is 8.05. The fourth-order valence-corrected chi connectivity index (χ4v) is 3.23. The predicted octanol–water partition coefficient (Wildman–Crippen LogP) is 3.31. The molecule has 0 bridgehead atoms. The molecule has 0 fully saturated rings. The number of nitro benzene ring substituents is 1. The van der Waals surface area contributed by atoms with E-state index in [1.54, 1.807) is 49.1 Å². The van der Waals surface area contributed by atoms with Crippen molar-refractivity contribution in [3.8, 4) is 5.75 Å². The maximum atomic E-state index is 12.9. The number of hydrogen-bond acceptors (Lipinski definition) is 7. The van der Waals surface area contributed by atoms with E-state index in [9.17, 15) is 19.7 Å². The molecule has 34 heavy (non-hydrogen) atoms. The van der Waals surface area contributed by atoms with Crippen LogP contribution in [0.15, 0.2) is 55.1 Å². The van der Waals surface area contributed by atoms with Crippen LogP contribution in [0, 0.1) is 16.0 Å². The molecule has 0 radical (unpaired) electrons. The van der Waals surface area contributed by atoms with E-state index in [1.165, 1.54) is 18.5 Å². The fraction of sp³-hybridized carbons (Fsp3) is 0.273. The zero-order chi connectivity index (χ0) is 24.7. The van der Waals surface area contributed by atoms with E-state index in [4.69, 9.17) is 16.3 Å². The summed E-state index contributed by atoms with van der Waals surface area (Å²) in [5.41, 5.74) is 0.128. The van der Waals surface area contributed by atoms with Crippen molar-refractivity contribution >= 4 is 34.8 Å². The Morgan fingerprint density at radius 1 is 1.24 bits per heavy atom. The third-order valence-electron chi connectivity index (χ3n) is 4.80. The summed E-state index contributed by atoms with van der Waals surface area (Å²) in [5.74, 6) is -0.768. The van der Waals surface area contributed by atoms with E-state index < -0.39 is 22.8 Å². The van der Waals surface area contributed by atoms with E-state index >= 15 is 0 Å². The minimum absolute atomic E-state index is 0.0253. The van der Waals surface area contributed by atoms with E-state index in [1.807, 2.05) is 0 Å². The zero-order valence-corrected chi connectivity index (χ0v) is 19.2. The van der Waals surface area contributed by atoms with Crippen LogP contribution in [0.4, 0.5) is 11.4 Å². The van der Waals surface area contributed by atoms with Crippen LogP contribution in [-0.2, 0) is 11.3 Å². The molecule has 2 N–H and O–H groups in total. The summed E-state index contributed by atoms with van der Waals surface area (Å²) in [5, 5.41) is 20.4. The predicted molar refractivity (Wildman–Crippen MR) is 125 cm³/mol. The quantitative estimate of drug-likeness (QED) is 0.330. The van der Waals surface area contributed by atoms with Gasteiger partial charge in [-0.05, 0) is 30.2 Å². The normalized spacial score (nSPS) is 11.6. The van der Waals surface area contributed by atoms with Crippen molar-refractivity contribution in [1.82, 2.24) is 20.1 Å². The number of carbonyl (C=O) groups is 2. The fourth-order valence-electron chi connectivity index (χ4n) is 3.04. The molecule has 178 valence electrons.